The zero-order valence-corrected chi connectivity index (χ0v) is 12.3. The lowest BCUT2D eigenvalue weighted by molar-refractivity contribution is 0.00872. The van der Waals surface area contributed by atoms with Crippen molar-refractivity contribution in [3.8, 4) is 0 Å². The number of nitrogens with zero attached hydrogens (tertiary/aromatic N) is 2. The largest absolute Gasteiger partial charge is 0.366 e. The molecule has 2 atom stereocenters. The smallest absolute Gasteiger partial charge is 0.140 e. The predicted molar refractivity (Wildman–Crippen MR) is 78.7 cm³/mol. The van der Waals surface area contributed by atoms with Gasteiger partial charge in [-0.1, -0.05) is 0 Å². The first kappa shape index (κ1) is 14.1. The fourth-order valence-electron chi connectivity index (χ4n) is 3.07. The van der Waals surface area contributed by atoms with E-state index in [2.05, 4.69) is 14.9 Å². The van der Waals surface area contributed by atoms with E-state index in [9.17, 15) is 8.78 Å². The van der Waals surface area contributed by atoms with E-state index >= 15 is 0 Å². The van der Waals surface area contributed by atoms with Gasteiger partial charge in [0.05, 0.1) is 11.0 Å². The molecule has 2 fully saturated rings. The molecule has 1 N–H and O–H groups in total. The molecule has 0 radical (unpaired) electrons. The van der Waals surface area contributed by atoms with Crippen molar-refractivity contribution in [2.75, 3.05) is 19.6 Å². The van der Waals surface area contributed by atoms with Crippen LogP contribution in [-0.4, -0.2) is 46.8 Å². The van der Waals surface area contributed by atoms with Crippen molar-refractivity contribution in [3.63, 3.8) is 0 Å². The quantitative estimate of drug-likeness (QED) is 0.923. The van der Waals surface area contributed by atoms with Crippen molar-refractivity contribution in [1.29, 1.82) is 0 Å². The molecule has 1 saturated heterocycles. The number of aromatic nitrogens is 2. The van der Waals surface area contributed by atoms with Crippen LogP contribution in [0.4, 0.5) is 8.78 Å². The maximum Gasteiger partial charge on any atom is 0.140 e. The minimum atomic E-state index is -0.944. The Bertz CT molecular complexity index is 670. The third-order valence-electron chi connectivity index (χ3n) is 4.41. The van der Waals surface area contributed by atoms with Crippen LogP contribution >= 0.6 is 0 Å². The topological polar surface area (TPSA) is 41.1 Å². The van der Waals surface area contributed by atoms with Gasteiger partial charge in [-0.3, -0.25) is 4.90 Å². The van der Waals surface area contributed by atoms with Crippen LogP contribution in [0.2, 0.25) is 0 Å². The van der Waals surface area contributed by atoms with Crippen molar-refractivity contribution in [3.05, 3.63) is 29.8 Å². The van der Waals surface area contributed by atoms with Crippen molar-refractivity contribution in [2.24, 2.45) is 5.92 Å². The molecule has 1 aromatic carbocycles. The van der Waals surface area contributed by atoms with Gasteiger partial charge in [0, 0.05) is 19.6 Å². The number of halogens is 2. The molecule has 1 aliphatic carbocycles. The maximum absolute atomic E-state index is 14.0. The fourth-order valence-corrected chi connectivity index (χ4v) is 3.07. The lowest BCUT2D eigenvalue weighted by Gasteiger charge is -2.14. The van der Waals surface area contributed by atoms with E-state index in [4.69, 9.17) is 4.74 Å². The van der Waals surface area contributed by atoms with Gasteiger partial charge in [0.15, 0.2) is 0 Å². The van der Waals surface area contributed by atoms with Crippen LogP contribution in [0.15, 0.2) is 18.2 Å². The first-order valence-corrected chi connectivity index (χ1v) is 7.79. The number of H-pyrrole nitrogens is 1. The van der Waals surface area contributed by atoms with Crippen molar-refractivity contribution in [2.45, 2.75) is 31.7 Å². The lowest BCUT2D eigenvalue weighted by atomic mass is 10.3. The highest BCUT2D eigenvalue weighted by atomic mass is 19.1. The first-order valence-electron chi connectivity index (χ1n) is 7.79. The molecule has 4 rings (SSSR count). The fraction of sp³-hybridized carbons (Fsp3) is 0.562. The molecule has 0 spiro atoms. The number of rotatable bonds is 5. The van der Waals surface area contributed by atoms with E-state index in [-0.39, 0.29) is 12.4 Å². The van der Waals surface area contributed by atoms with E-state index in [1.807, 2.05) is 0 Å². The number of aromatic amines is 1. The molecule has 2 aliphatic rings. The van der Waals surface area contributed by atoms with Gasteiger partial charge in [-0.2, -0.15) is 0 Å². The number of benzene rings is 1. The Balaban J connectivity index is 1.36. The number of ether oxygens (including phenoxy) is 1. The third-order valence-corrected chi connectivity index (χ3v) is 4.41. The summed E-state index contributed by atoms with van der Waals surface area (Å²) in [5.41, 5.74) is 1.33. The summed E-state index contributed by atoms with van der Waals surface area (Å²) in [7, 11) is 0. The summed E-state index contributed by atoms with van der Waals surface area (Å²) in [5.74, 6) is 1.06. The van der Waals surface area contributed by atoms with Crippen LogP contribution in [0.1, 0.15) is 18.7 Å². The summed E-state index contributed by atoms with van der Waals surface area (Å²) < 4.78 is 32.9. The molecule has 1 saturated carbocycles. The summed E-state index contributed by atoms with van der Waals surface area (Å²) >= 11 is 0. The van der Waals surface area contributed by atoms with Crippen LogP contribution in [-0.2, 0) is 11.3 Å². The Labute approximate surface area is 127 Å². The number of hydrogen-bond donors (Lipinski definition) is 1. The summed E-state index contributed by atoms with van der Waals surface area (Å²) in [5, 5.41) is 0. The summed E-state index contributed by atoms with van der Waals surface area (Å²) in [6.07, 6.45) is 1.20. The molecule has 4 nitrogen and oxygen atoms in total. The number of imidazole rings is 1. The second-order valence-electron chi connectivity index (χ2n) is 6.37. The molecule has 1 aromatic heterocycles. The number of likely N-dealkylation sites (tertiary alicyclic amines) is 1. The maximum atomic E-state index is 14.0. The normalized spacial score (nSPS) is 26.1. The highest BCUT2D eigenvalue weighted by molar-refractivity contribution is 5.74. The zero-order chi connectivity index (χ0) is 15.1. The molecule has 0 bridgehead atoms. The predicted octanol–water partition coefficient (Wildman–Crippen LogP) is 2.65. The molecule has 6 heteroatoms. The van der Waals surface area contributed by atoms with Gasteiger partial charge >= 0.3 is 0 Å². The van der Waals surface area contributed by atoms with E-state index in [1.165, 1.54) is 25.0 Å². The minimum absolute atomic E-state index is 0.221. The second kappa shape index (κ2) is 5.59. The van der Waals surface area contributed by atoms with Crippen molar-refractivity contribution >= 4 is 11.0 Å². The Hall–Kier alpha value is -1.53. The molecule has 0 amide bonds. The van der Waals surface area contributed by atoms with Crippen LogP contribution in [0.3, 0.4) is 0 Å². The molecular weight excluding hydrogens is 288 g/mol. The van der Waals surface area contributed by atoms with Gasteiger partial charge in [-0.15, -0.1) is 0 Å². The Morgan fingerprint density at radius 1 is 1.32 bits per heavy atom. The van der Waals surface area contributed by atoms with E-state index in [0.717, 1.165) is 12.5 Å². The average molecular weight is 307 g/mol. The summed E-state index contributed by atoms with van der Waals surface area (Å²) in [6, 6.07) is 4.39. The monoisotopic (exact) mass is 307 g/mol. The van der Waals surface area contributed by atoms with E-state index in [1.54, 1.807) is 6.07 Å². The Morgan fingerprint density at radius 3 is 3.00 bits per heavy atom. The van der Waals surface area contributed by atoms with Crippen LogP contribution < -0.4 is 0 Å². The van der Waals surface area contributed by atoms with Gasteiger partial charge in [0.1, 0.15) is 30.5 Å². The standard InChI is InChI=1S/C16H19F2N3O/c17-11-3-4-13-14(5-11)20-16(19-13)9-22-15-8-21(7-12(15)18)6-10-1-2-10/h3-5,10,12,15H,1-2,6-9H2,(H,19,20)/t12-,15+/m1/s1. The number of fused-ring (bicyclic) bond motifs is 1. The van der Waals surface area contributed by atoms with Crippen LogP contribution in [0, 0.1) is 11.7 Å². The average Bonchev–Trinajstić information content (AvgIpc) is 3.09. The van der Waals surface area contributed by atoms with Crippen LogP contribution in [0.25, 0.3) is 11.0 Å². The number of alkyl halides is 1. The van der Waals surface area contributed by atoms with Gasteiger partial charge in [-0.05, 0) is 37.0 Å². The highest BCUT2D eigenvalue weighted by Gasteiger charge is 2.36. The van der Waals surface area contributed by atoms with Gasteiger partial charge < -0.3 is 9.72 Å². The molecule has 2 aromatic rings. The molecule has 2 heterocycles. The summed E-state index contributed by atoms with van der Waals surface area (Å²) in [4.78, 5) is 9.50. The van der Waals surface area contributed by atoms with Crippen LogP contribution in [0.5, 0.6) is 0 Å². The third kappa shape index (κ3) is 2.98. The first-order chi connectivity index (χ1) is 10.7. The second-order valence-corrected chi connectivity index (χ2v) is 6.37. The molecule has 1 aliphatic heterocycles. The lowest BCUT2D eigenvalue weighted by Crippen LogP contribution is -2.25. The molecular formula is C16H19F2N3O. The Kier molecular flexibility index (Phi) is 3.58. The minimum Gasteiger partial charge on any atom is -0.366 e. The van der Waals surface area contributed by atoms with Gasteiger partial charge in [0.25, 0.3) is 0 Å². The number of nitrogens with one attached hydrogen (secondary N) is 1. The van der Waals surface area contributed by atoms with Crippen molar-refractivity contribution < 1.29 is 13.5 Å². The molecule has 0 unspecified atom stereocenters. The summed E-state index contributed by atoms with van der Waals surface area (Å²) in [6.45, 7) is 2.32. The van der Waals surface area contributed by atoms with Gasteiger partial charge in [-0.25, -0.2) is 13.8 Å². The van der Waals surface area contributed by atoms with E-state index < -0.39 is 12.3 Å². The van der Waals surface area contributed by atoms with E-state index in [0.29, 0.717) is 29.9 Å². The number of hydrogen-bond acceptors (Lipinski definition) is 3. The van der Waals surface area contributed by atoms with Crippen molar-refractivity contribution in [1.82, 2.24) is 14.9 Å². The molecule has 22 heavy (non-hydrogen) atoms. The highest BCUT2D eigenvalue weighted by Crippen LogP contribution is 2.31. The Morgan fingerprint density at radius 2 is 2.18 bits per heavy atom. The zero-order valence-electron chi connectivity index (χ0n) is 12.3. The molecule has 118 valence electrons. The SMILES string of the molecule is Fc1ccc2nc(CO[C@H]3CN(CC4CC4)C[C@H]3F)[nH]c2c1. The van der Waals surface area contributed by atoms with Gasteiger partial charge in [0.2, 0.25) is 0 Å².